The molecule has 0 saturated heterocycles. The topological polar surface area (TPSA) is 85.1 Å². The van der Waals surface area contributed by atoms with Crippen LogP contribution in [0.3, 0.4) is 0 Å². The molecule has 3 rings (SSSR count). The highest BCUT2D eigenvalue weighted by molar-refractivity contribution is 7.92. The lowest BCUT2D eigenvalue weighted by Crippen LogP contribution is -2.14. The van der Waals surface area contributed by atoms with Crippen LogP contribution in [0.2, 0.25) is 0 Å². The van der Waals surface area contributed by atoms with Crippen LogP contribution in [-0.2, 0) is 10.0 Å². The Kier molecular flexibility index (Phi) is 4.11. The monoisotopic (exact) mass is 343 g/mol. The van der Waals surface area contributed by atoms with Gasteiger partial charge in [0.2, 0.25) is 11.8 Å². The zero-order valence-electron chi connectivity index (χ0n) is 13.6. The van der Waals surface area contributed by atoms with Gasteiger partial charge in [-0.3, -0.25) is 4.72 Å². The Morgan fingerprint density at radius 3 is 2.50 bits per heavy atom. The minimum atomic E-state index is -3.68. The van der Waals surface area contributed by atoms with Crippen molar-refractivity contribution in [3.05, 3.63) is 59.5 Å². The Hall–Kier alpha value is -2.67. The highest BCUT2D eigenvalue weighted by Crippen LogP contribution is 2.24. The smallest absolute Gasteiger partial charge is 0.262 e. The van der Waals surface area contributed by atoms with Crippen molar-refractivity contribution in [2.24, 2.45) is 0 Å². The van der Waals surface area contributed by atoms with Gasteiger partial charge in [0.1, 0.15) is 0 Å². The standard InChI is InChI=1S/C17H17N3O3S/c1-11-7-8-12(2)16(9-11)24(21,22)20-15-6-4-5-14(10-15)17-19-18-13(3)23-17/h4-10,20H,1-3H3. The van der Waals surface area contributed by atoms with E-state index in [0.29, 0.717) is 28.6 Å². The van der Waals surface area contributed by atoms with Crippen molar-refractivity contribution in [2.75, 3.05) is 4.72 Å². The molecule has 2 aromatic carbocycles. The molecule has 0 bridgehead atoms. The Morgan fingerprint density at radius 1 is 1.00 bits per heavy atom. The molecule has 7 heteroatoms. The third kappa shape index (κ3) is 3.30. The van der Waals surface area contributed by atoms with E-state index in [4.69, 9.17) is 4.42 Å². The van der Waals surface area contributed by atoms with Crippen LogP contribution in [0.5, 0.6) is 0 Å². The quantitative estimate of drug-likeness (QED) is 0.784. The summed E-state index contributed by atoms with van der Waals surface area (Å²) >= 11 is 0. The molecule has 0 aliphatic heterocycles. The van der Waals surface area contributed by atoms with Crippen molar-refractivity contribution < 1.29 is 12.8 Å². The number of anilines is 1. The average Bonchev–Trinajstić information content (AvgIpc) is 2.96. The predicted molar refractivity (Wildman–Crippen MR) is 91.2 cm³/mol. The number of rotatable bonds is 4. The number of nitrogens with zero attached hydrogens (tertiary/aromatic N) is 2. The number of aromatic nitrogens is 2. The second-order valence-corrected chi connectivity index (χ2v) is 7.23. The first-order valence-corrected chi connectivity index (χ1v) is 8.84. The van der Waals surface area contributed by atoms with E-state index in [1.165, 1.54) is 0 Å². The van der Waals surface area contributed by atoms with Crippen LogP contribution in [0.4, 0.5) is 5.69 Å². The zero-order chi connectivity index (χ0) is 17.3. The van der Waals surface area contributed by atoms with Gasteiger partial charge in [0.25, 0.3) is 10.0 Å². The number of nitrogens with one attached hydrogen (secondary N) is 1. The van der Waals surface area contributed by atoms with Gasteiger partial charge in [0.15, 0.2) is 0 Å². The molecule has 24 heavy (non-hydrogen) atoms. The Labute approximate surface area is 140 Å². The van der Waals surface area contributed by atoms with Gasteiger partial charge in [-0.1, -0.05) is 18.2 Å². The van der Waals surface area contributed by atoms with Crippen LogP contribution in [0, 0.1) is 20.8 Å². The SMILES string of the molecule is Cc1ccc(C)c(S(=O)(=O)Nc2cccc(-c3nnc(C)o3)c2)c1. The summed E-state index contributed by atoms with van der Waals surface area (Å²) < 4.78 is 33.3. The second-order valence-electron chi connectivity index (χ2n) is 5.58. The molecular weight excluding hydrogens is 326 g/mol. The molecule has 0 spiro atoms. The van der Waals surface area contributed by atoms with Crippen molar-refractivity contribution >= 4 is 15.7 Å². The maximum Gasteiger partial charge on any atom is 0.262 e. The van der Waals surface area contributed by atoms with Crippen molar-refractivity contribution in [1.82, 2.24) is 10.2 Å². The summed E-state index contributed by atoms with van der Waals surface area (Å²) in [5.74, 6) is 0.798. The van der Waals surface area contributed by atoms with Gasteiger partial charge >= 0.3 is 0 Å². The summed E-state index contributed by atoms with van der Waals surface area (Å²) in [5.41, 5.74) is 2.66. The first kappa shape index (κ1) is 16.2. The number of hydrogen-bond donors (Lipinski definition) is 1. The zero-order valence-corrected chi connectivity index (χ0v) is 14.4. The molecule has 0 aliphatic carbocycles. The van der Waals surface area contributed by atoms with Crippen molar-refractivity contribution in [1.29, 1.82) is 0 Å². The minimum absolute atomic E-state index is 0.265. The van der Waals surface area contributed by atoms with Gasteiger partial charge in [-0.05, 0) is 49.2 Å². The third-order valence-electron chi connectivity index (χ3n) is 3.52. The molecule has 3 aromatic rings. The summed E-state index contributed by atoms with van der Waals surface area (Å²) in [6.07, 6.45) is 0. The molecule has 6 nitrogen and oxygen atoms in total. The Morgan fingerprint density at radius 2 is 1.79 bits per heavy atom. The molecule has 1 heterocycles. The molecule has 1 N–H and O–H groups in total. The van der Waals surface area contributed by atoms with E-state index in [1.807, 2.05) is 13.0 Å². The molecule has 0 aliphatic rings. The summed E-state index contributed by atoms with van der Waals surface area (Å²) in [6, 6.07) is 12.2. The molecule has 0 amide bonds. The fourth-order valence-corrected chi connectivity index (χ4v) is 3.72. The van der Waals surface area contributed by atoms with Gasteiger partial charge in [0.05, 0.1) is 4.90 Å². The van der Waals surface area contributed by atoms with Crippen LogP contribution in [0.15, 0.2) is 51.8 Å². The van der Waals surface area contributed by atoms with Crippen molar-refractivity contribution in [3.63, 3.8) is 0 Å². The Balaban J connectivity index is 1.94. The largest absolute Gasteiger partial charge is 0.421 e. The van der Waals surface area contributed by atoms with Gasteiger partial charge in [0, 0.05) is 18.2 Å². The maximum atomic E-state index is 12.7. The summed E-state index contributed by atoms with van der Waals surface area (Å²) in [7, 11) is -3.68. The fraction of sp³-hybridized carbons (Fsp3) is 0.176. The molecule has 0 radical (unpaired) electrons. The van der Waals surface area contributed by atoms with Crippen LogP contribution in [-0.4, -0.2) is 18.6 Å². The average molecular weight is 343 g/mol. The minimum Gasteiger partial charge on any atom is -0.421 e. The van der Waals surface area contributed by atoms with Gasteiger partial charge in [-0.15, -0.1) is 10.2 Å². The maximum absolute atomic E-state index is 12.7. The van der Waals surface area contributed by atoms with E-state index in [2.05, 4.69) is 14.9 Å². The van der Waals surface area contributed by atoms with Crippen LogP contribution in [0.25, 0.3) is 11.5 Å². The highest BCUT2D eigenvalue weighted by Gasteiger charge is 2.17. The molecule has 124 valence electrons. The third-order valence-corrected chi connectivity index (χ3v) is 5.04. The van der Waals surface area contributed by atoms with Gasteiger partial charge in [-0.25, -0.2) is 8.42 Å². The predicted octanol–water partition coefficient (Wildman–Crippen LogP) is 3.46. The lowest BCUT2D eigenvalue weighted by molar-refractivity contribution is 0.533. The van der Waals surface area contributed by atoms with E-state index in [-0.39, 0.29) is 4.90 Å². The van der Waals surface area contributed by atoms with Crippen LogP contribution < -0.4 is 4.72 Å². The van der Waals surface area contributed by atoms with Crippen molar-refractivity contribution in [2.45, 2.75) is 25.7 Å². The molecule has 0 atom stereocenters. The van der Waals surface area contributed by atoms with Gasteiger partial charge < -0.3 is 4.42 Å². The first-order valence-electron chi connectivity index (χ1n) is 7.36. The van der Waals surface area contributed by atoms with Crippen LogP contribution in [0.1, 0.15) is 17.0 Å². The summed E-state index contributed by atoms with van der Waals surface area (Å²) in [6.45, 7) is 5.33. The summed E-state index contributed by atoms with van der Waals surface area (Å²) in [5, 5.41) is 7.72. The van der Waals surface area contributed by atoms with E-state index in [9.17, 15) is 8.42 Å². The number of hydrogen-bond acceptors (Lipinski definition) is 5. The molecule has 1 aromatic heterocycles. The second kappa shape index (κ2) is 6.09. The lowest BCUT2D eigenvalue weighted by Gasteiger charge is -2.11. The fourth-order valence-electron chi connectivity index (χ4n) is 2.34. The number of sulfonamides is 1. The first-order chi connectivity index (χ1) is 11.3. The van der Waals surface area contributed by atoms with E-state index < -0.39 is 10.0 Å². The summed E-state index contributed by atoms with van der Waals surface area (Å²) in [4.78, 5) is 0.265. The van der Waals surface area contributed by atoms with E-state index in [0.717, 1.165) is 5.56 Å². The lowest BCUT2D eigenvalue weighted by atomic mass is 10.2. The molecule has 0 unspecified atom stereocenters. The van der Waals surface area contributed by atoms with Crippen molar-refractivity contribution in [3.8, 4) is 11.5 Å². The molecule has 0 fully saturated rings. The van der Waals surface area contributed by atoms with Crippen LogP contribution >= 0.6 is 0 Å². The number of aryl methyl sites for hydroxylation is 3. The molecular formula is C17H17N3O3S. The molecule has 0 saturated carbocycles. The normalized spacial score (nSPS) is 11.5. The Bertz CT molecular complexity index is 994. The highest BCUT2D eigenvalue weighted by atomic mass is 32.2. The van der Waals surface area contributed by atoms with E-state index >= 15 is 0 Å². The van der Waals surface area contributed by atoms with E-state index in [1.54, 1.807) is 50.2 Å². The van der Waals surface area contributed by atoms with Gasteiger partial charge in [-0.2, -0.15) is 0 Å². The number of benzene rings is 2.